The van der Waals surface area contributed by atoms with Crippen LogP contribution in [0.4, 0.5) is 5.69 Å². The summed E-state index contributed by atoms with van der Waals surface area (Å²) in [4.78, 5) is 24.3. The number of carbonyl (C=O) groups excluding carboxylic acids is 1. The summed E-state index contributed by atoms with van der Waals surface area (Å²) < 4.78 is 5.66. The van der Waals surface area contributed by atoms with Gasteiger partial charge in [0.25, 0.3) is 11.6 Å². The van der Waals surface area contributed by atoms with Gasteiger partial charge in [-0.05, 0) is 30.2 Å². The molecule has 2 bridgehead atoms. The molecule has 7 heteroatoms. The van der Waals surface area contributed by atoms with Crippen LogP contribution in [-0.4, -0.2) is 36.5 Å². The van der Waals surface area contributed by atoms with Crippen molar-refractivity contribution in [3.8, 4) is 11.3 Å². The third-order valence-electron chi connectivity index (χ3n) is 5.32. The normalized spacial score (nSPS) is 24.9. The van der Waals surface area contributed by atoms with Crippen molar-refractivity contribution >= 4 is 11.6 Å². The number of quaternary nitrogens is 1. The summed E-state index contributed by atoms with van der Waals surface area (Å²) in [7, 11) is 0. The molecule has 1 atom stereocenters. The van der Waals surface area contributed by atoms with Crippen molar-refractivity contribution in [3.05, 3.63) is 52.3 Å². The molecule has 0 unspecified atom stereocenters. The number of nitro groups is 1. The fourth-order valence-corrected chi connectivity index (χ4v) is 3.90. The van der Waals surface area contributed by atoms with E-state index in [1.54, 1.807) is 29.2 Å². The SMILES string of the molecule is O=C(N[C@H]1C[NH+]2CCC1CC2)c1ccc(-c2ccc([N+](=O)[O-])cc2)o1. The number of furan rings is 1. The van der Waals surface area contributed by atoms with Gasteiger partial charge in [-0.25, -0.2) is 0 Å². The Morgan fingerprint density at radius 2 is 1.88 bits per heavy atom. The first-order valence-electron chi connectivity index (χ1n) is 8.59. The highest BCUT2D eigenvalue weighted by Crippen LogP contribution is 2.25. The van der Waals surface area contributed by atoms with E-state index in [9.17, 15) is 14.9 Å². The number of hydrogen-bond donors (Lipinski definition) is 2. The average molecular weight is 342 g/mol. The van der Waals surface area contributed by atoms with Crippen LogP contribution in [0.1, 0.15) is 23.4 Å². The fraction of sp³-hybridized carbons (Fsp3) is 0.389. The molecular weight excluding hydrogens is 322 g/mol. The summed E-state index contributed by atoms with van der Waals surface area (Å²) in [5.74, 6) is 1.19. The lowest BCUT2D eigenvalue weighted by Crippen LogP contribution is -3.17. The molecule has 4 heterocycles. The lowest BCUT2D eigenvalue weighted by molar-refractivity contribution is -0.917. The van der Waals surface area contributed by atoms with E-state index in [0.29, 0.717) is 17.2 Å². The first kappa shape index (κ1) is 15.8. The van der Waals surface area contributed by atoms with E-state index < -0.39 is 4.92 Å². The van der Waals surface area contributed by atoms with Crippen LogP contribution in [-0.2, 0) is 0 Å². The van der Waals surface area contributed by atoms with E-state index in [-0.39, 0.29) is 23.4 Å². The monoisotopic (exact) mass is 342 g/mol. The van der Waals surface area contributed by atoms with Crippen LogP contribution in [0.5, 0.6) is 0 Å². The van der Waals surface area contributed by atoms with Crippen LogP contribution >= 0.6 is 0 Å². The minimum atomic E-state index is -0.444. The van der Waals surface area contributed by atoms with Gasteiger partial charge in [-0.15, -0.1) is 0 Å². The number of rotatable bonds is 4. The summed E-state index contributed by atoms with van der Waals surface area (Å²) in [6, 6.07) is 9.68. The zero-order chi connectivity index (χ0) is 17.4. The van der Waals surface area contributed by atoms with Crippen LogP contribution in [0.25, 0.3) is 11.3 Å². The third kappa shape index (κ3) is 3.15. The van der Waals surface area contributed by atoms with E-state index in [0.717, 1.165) is 6.54 Å². The molecule has 3 aliphatic heterocycles. The van der Waals surface area contributed by atoms with Crippen molar-refractivity contribution in [2.24, 2.45) is 5.92 Å². The fourth-order valence-electron chi connectivity index (χ4n) is 3.90. The number of nitrogens with zero attached hydrogens (tertiary/aromatic N) is 1. The Morgan fingerprint density at radius 3 is 2.48 bits per heavy atom. The molecule has 2 aromatic rings. The van der Waals surface area contributed by atoms with Gasteiger partial charge in [0, 0.05) is 30.5 Å². The van der Waals surface area contributed by atoms with Gasteiger partial charge in [0.1, 0.15) is 5.76 Å². The molecule has 0 saturated carbocycles. The molecule has 1 aromatic heterocycles. The molecule has 3 fully saturated rings. The van der Waals surface area contributed by atoms with Gasteiger partial charge in [0.15, 0.2) is 5.76 Å². The second-order valence-electron chi connectivity index (χ2n) is 6.84. The van der Waals surface area contributed by atoms with Gasteiger partial charge in [0.05, 0.1) is 30.6 Å². The van der Waals surface area contributed by atoms with Crippen molar-refractivity contribution in [2.45, 2.75) is 18.9 Å². The number of fused-ring (bicyclic) bond motifs is 3. The standard InChI is InChI=1S/C18H19N3O4/c22-18(19-15-11-20-9-7-12(15)8-10-20)17-6-5-16(25-17)13-1-3-14(4-2-13)21(23)24/h1-6,12,15H,7-11H2,(H,19,22)/p+1/t15-/m0/s1. The highest BCUT2D eigenvalue weighted by molar-refractivity contribution is 5.92. The zero-order valence-electron chi connectivity index (χ0n) is 13.7. The van der Waals surface area contributed by atoms with Gasteiger partial charge in [-0.3, -0.25) is 14.9 Å². The summed E-state index contributed by atoms with van der Waals surface area (Å²) >= 11 is 0. The molecule has 25 heavy (non-hydrogen) atoms. The minimum Gasteiger partial charge on any atom is -0.451 e. The van der Waals surface area contributed by atoms with Crippen molar-refractivity contribution < 1.29 is 19.0 Å². The average Bonchev–Trinajstić information content (AvgIpc) is 3.13. The Hall–Kier alpha value is -2.67. The van der Waals surface area contributed by atoms with Crippen LogP contribution in [0, 0.1) is 16.0 Å². The van der Waals surface area contributed by atoms with E-state index in [4.69, 9.17) is 4.42 Å². The second-order valence-corrected chi connectivity index (χ2v) is 6.84. The molecule has 0 aliphatic carbocycles. The smallest absolute Gasteiger partial charge is 0.287 e. The molecule has 5 rings (SSSR count). The Kier molecular flexibility index (Phi) is 4.01. The number of benzene rings is 1. The first-order valence-corrected chi connectivity index (χ1v) is 8.59. The van der Waals surface area contributed by atoms with Crippen LogP contribution < -0.4 is 10.2 Å². The van der Waals surface area contributed by atoms with Crippen molar-refractivity contribution in [3.63, 3.8) is 0 Å². The maximum absolute atomic E-state index is 12.5. The predicted molar refractivity (Wildman–Crippen MR) is 90.3 cm³/mol. The Morgan fingerprint density at radius 1 is 1.16 bits per heavy atom. The van der Waals surface area contributed by atoms with E-state index in [2.05, 4.69) is 5.32 Å². The maximum Gasteiger partial charge on any atom is 0.287 e. The number of nitrogens with one attached hydrogen (secondary N) is 2. The largest absolute Gasteiger partial charge is 0.451 e. The van der Waals surface area contributed by atoms with Crippen LogP contribution in [0.2, 0.25) is 0 Å². The van der Waals surface area contributed by atoms with E-state index >= 15 is 0 Å². The maximum atomic E-state index is 12.5. The topological polar surface area (TPSA) is 89.8 Å². The van der Waals surface area contributed by atoms with Crippen molar-refractivity contribution in [1.82, 2.24) is 5.32 Å². The number of hydrogen-bond acceptors (Lipinski definition) is 4. The summed E-state index contributed by atoms with van der Waals surface area (Å²) in [5, 5.41) is 13.8. The molecule has 1 aromatic carbocycles. The molecule has 3 aliphatic rings. The number of amides is 1. The molecule has 0 spiro atoms. The number of carbonyl (C=O) groups is 1. The molecule has 7 nitrogen and oxygen atoms in total. The van der Waals surface area contributed by atoms with Crippen LogP contribution in [0.3, 0.4) is 0 Å². The van der Waals surface area contributed by atoms with Crippen molar-refractivity contribution in [1.29, 1.82) is 0 Å². The lowest BCUT2D eigenvalue weighted by Gasteiger charge is -2.41. The number of non-ortho nitro benzene ring substituents is 1. The molecule has 130 valence electrons. The first-order chi connectivity index (χ1) is 12.1. The molecular formula is C18H20N3O4+. The third-order valence-corrected chi connectivity index (χ3v) is 5.32. The van der Waals surface area contributed by atoms with Crippen LogP contribution in [0.15, 0.2) is 40.8 Å². The van der Waals surface area contributed by atoms with Crippen molar-refractivity contribution in [2.75, 3.05) is 19.6 Å². The molecule has 2 N–H and O–H groups in total. The summed E-state index contributed by atoms with van der Waals surface area (Å²) in [5.41, 5.74) is 0.732. The zero-order valence-corrected chi connectivity index (χ0v) is 13.7. The van der Waals surface area contributed by atoms with E-state index in [1.807, 2.05) is 0 Å². The number of piperidine rings is 3. The molecule has 0 radical (unpaired) electrons. The van der Waals surface area contributed by atoms with E-state index in [1.165, 1.54) is 38.1 Å². The number of nitro benzene ring substituents is 1. The van der Waals surface area contributed by atoms with Gasteiger partial charge in [-0.1, -0.05) is 0 Å². The quantitative estimate of drug-likeness (QED) is 0.647. The minimum absolute atomic E-state index is 0.0260. The molecule has 1 amide bonds. The second kappa shape index (κ2) is 6.33. The lowest BCUT2D eigenvalue weighted by atomic mass is 9.84. The van der Waals surface area contributed by atoms with Gasteiger partial charge in [0.2, 0.25) is 0 Å². The summed E-state index contributed by atoms with van der Waals surface area (Å²) in [6.07, 6.45) is 2.35. The highest BCUT2D eigenvalue weighted by atomic mass is 16.6. The molecule has 3 saturated heterocycles. The predicted octanol–water partition coefficient (Wildman–Crippen LogP) is 1.26. The Labute approximate surface area is 144 Å². The van der Waals surface area contributed by atoms with Gasteiger partial charge >= 0.3 is 0 Å². The Bertz CT molecular complexity index is 791. The summed E-state index contributed by atoms with van der Waals surface area (Å²) in [6.45, 7) is 3.41. The van der Waals surface area contributed by atoms with Gasteiger partial charge < -0.3 is 14.6 Å². The van der Waals surface area contributed by atoms with Gasteiger partial charge in [-0.2, -0.15) is 0 Å². The Balaban J connectivity index is 1.45. The highest BCUT2D eigenvalue weighted by Gasteiger charge is 2.38.